The van der Waals surface area contributed by atoms with Crippen LogP contribution in [0.25, 0.3) is 0 Å². The van der Waals surface area contributed by atoms with E-state index in [1.807, 2.05) is 31.2 Å². The quantitative estimate of drug-likeness (QED) is 0.694. The van der Waals surface area contributed by atoms with Crippen molar-refractivity contribution >= 4 is 5.97 Å². The molecule has 1 rings (SSSR count). The molecular formula is C12H18N2O2. The number of hydrogen-bond acceptors (Lipinski definition) is 3. The van der Waals surface area contributed by atoms with Gasteiger partial charge >= 0.3 is 5.97 Å². The minimum Gasteiger partial charge on any atom is -0.480 e. The van der Waals surface area contributed by atoms with Gasteiger partial charge in [0, 0.05) is 6.04 Å². The smallest absolute Gasteiger partial charge is 0.320 e. The van der Waals surface area contributed by atoms with Crippen LogP contribution in [0.3, 0.4) is 0 Å². The highest BCUT2D eigenvalue weighted by Gasteiger charge is 2.12. The first kappa shape index (κ1) is 12.7. The van der Waals surface area contributed by atoms with Crippen molar-refractivity contribution < 1.29 is 9.90 Å². The lowest BCUT2D eigenvalue weighted by Gasteiger charge is -2.11. The van der Waals surface area contributed by atoms with E-state index in [2.05, 4.69) is 0 Å². The van der Waals surface area contributed by atoms with E-state index in [1.54, 1.807) is 0 Å². The van der Waals surface area contributed by atoms with Crippen molar-refractivity contribution in [3.63, 3.8) is 0 Å². The van der Waals surface area contributed by atoms with Gasteiger partial charge in [-0.3, -0.25) is 4.79 Å². The van der Waals surface area contributed by atoms with Gasteiger partial charge in [0.1, 0.15) is 6.04 Å². The van der Waals surface area contributed by atoms with E-state index in [-0.39, 0.29) is 6.04 Å². The Labute approximate surface area is 95.3 Å². The van der Waals surface area contributed by atoms with Crippen molar-refractivity contribution in [2.75, 3.05) is 0 Å². The maximum absolute atomic E-state index is 10.6. The summed E-state index contributed by atoms with van der Waals surface area (Å²) in [4.78, 5) is 10.6. The zero-order valence-electron chi connectivity index (χ0n) is 9.39. The molecule has 0 aliphatic rings. The average Bonchev–Trinajstić information content (AvgIpc) is 2.28. The van der Waals surface area contributed by atoms with Crippen molar-refractivity contribution in [1.29, 1.82) is 0 Å². The average molecular weight is 222 g/mol. The van der Waals surface area contributed by atoms with Crippen LogP contribution in [0.5, 0.6) is 0 Å². The van der Waals surface area contributed by atoms with E-state index < -0.39 is 12.0 Å². The summed E-state index contributed by atoms with van der Waals surface area (Å²) in [6.45, 7) is 2.03. The molecule has 0 heterocycles. The molecule has 2 atom stereocenters. The molecule has 1 aromatic carbocycles. The maximum atomic E-state index is 10.6. The van der Waals surface area contributed by atoms with E-state index in [1.165, 1.54) is 0 Å². The summed E-state index contributed by atoms with van der Waals surface area (Å²) in [7, 11) is 0. The fraction of sp³-hybridized carbons (Fsp3) is 0.417. The summed E-state index contributed by atoms with van der Waals surface area (Å²) >= 11 is 0. The Balaban J connectivity index is 2.68. The molecular weight excluding hydrogens is 204 g/mol. The van der Waals surface area contributed by atoms with Crippen LogP contribution >= 0.6 is 0 Å². The molecule has 0 saturated carbocycles. The second-order valence-electron chi connectivity index (χ2n) is 3.91. The molecule has 4 nitrogen and oxygen atoms in total. The minimum absolute atomic E-state index is 0.0437. The lowest BCUT2D eigenvalue weighted by molar-refractivity contribution is -0.138. The topological polar surface area (TPSA) is 89.3 Å². The number of benzene rings is 1. The van der Waals surface area contributed by atoms with Crippen molar-refractivity contribution in [3.05, 3.63) is 35.4 Å². The van der Waals surface area contributed by atoms with Crippen LogP contribution in [-0.4, -0.2) is 17.1 Å². The van der Waals surface area contributed by atoms with Gasteiger partial charge in [-0.15, -0.1) is 0 Å². The highest BCUT2D eigenvalue weighted by Crippen LogP contribution is 2.14. The van der Waals surface area contributed by atoms with Crippen LogP contribution in [0.1, 0.15) is 30.5 Å². The number of carboxylic acid groups (broad SMARTS) is 1. The Morgan fingerprint density at radius 3 is 2.31 bits per heavy atom. The van der Waals surface area contributed by atoms with E-state index >= 15 is 0 Å². The molecule has 0 aliphatic heterocycles. The molecule has 0 bridgehead atoms. The zero-order valence-corrected chi connectivity index (χ0v) is 9.39. The number of rotatable bonds is 5. The van der Waals surface area contributed by atoms with Gasteiger partial charge in [0.2, 0.25) is 0 Å². The second-order valence-corrected chi connectivity index (χ2v) is 3.91. The lowest BCUT2D eigenvalue weighted by Crippen LogP contribution is -2.32. The van der Waals surface area contributed by atoms with Crippen LogP contribution in [0.4, 0.5) is 0 Å². The first-order valence-electron chi connectivity index (χ1n) is 5.37. The first-order chi connectivity index (χ1) is 7.54. The van der Waals surface area contributed by atoms with Crippen LogP contribution < -0.4 is 11.5 Å². The molecule has 88 valence electrons. The van der Waals surface area contributed by atoms with Gasteiger partial charge in [-0.05, 0) is 24.0 Å². The van der Waals surface area contributed by atoms with E-state index in [4.69, 9.17) is 16.6 Å². The van der Waals surface area contributed by atoms with Gasteiger partial charge in [0.05, 0.1) is 0 Å². The third kappa shape index (κ3) is 3.32. The number of carboxylic acids is 1. The largest absolute Gasteiger partial charge is 0.480 e. The molecule has 0 aromatic heterocycles. The summed E-state index contributed by atoms with van der Waals surface area (Å²) in [5, 5.41) is 8.68. The summed E-state index contributed by atoms with van der Waals surface area (Å²) in [5.74, 6) is -0.977. The number of hydrogen-bond donors (Lipinski definition) is 3. The van der Waals surface area contributed by atoms with E-state index in [0.717, 1.165) is 17.5 Å². The molecule has 1 unspecified atom stereocenters. The van der Waals surface area contributed by atoms with Gasteiger partial charge in [0.15, 0.2) is 0 Å². The predicted octanol–water partition coefficient (Wildman–Crippen LogP) is 1.05. The third-order valence-electron chi connectivity index (χ3n) is 2.62. The second kappa shape index (κ2) is 5.63. The SMILES string of the molecule is CCC(N)c1ccc(C[C@H](N)C(=O)O)cc1. The highest BCUT2D eigenvalue weighted by molar-refractivity contribution is 5.73. The third-order valence-corrected chi connectivity index (χ3v) is 2.62. The first-order valence-corrected chi connectivity index (χ1v) is 5.37. The molecule has 5 N–H and O–H groups in total. The molecule has 0 aliphatic carbocycles. The molecule has 0 spiro atoms. The monoisotopic (exact) mass is 222 g/mol. The lowest BCUT2D eigenvalue weighted by atomic mass is 10.0. The Kier molecular flexibility index (Phi) is 4.46. The van der Waals surface area contributed by atoms with Crippen molar-refractivity contribution in [3.8, 4) is 0 Å². The zero-order chi connectivity index (χ0) is 12.1. The van der Waals surface area contributed by atoms with E-state index in [0.29, 0.717) is 6.42 Å². The standard InChI is InChI=1S/C12H18N2O2/c1-2-10(13)9-5-3-8(4-6-9)7-11(14)12(15)16/h3-6,10-11H,2,7,13-14H2,1H3,(H,15,16)/t10?,11-/m0/s1. The number of aliphatic carboxylic acids is 1. The number of carbonyl (C=O) groups is 1. The fourth-order valence-electron chi connectivity index (χ4n) is 1.48. The minimum atomic E-state index is -0.977. The van der Waals surface area contributed by atoms with Gasteiger partial charge in [-0.2, -0.15) is 0 Å². The van der Waals surface area contributed by atoms with Crippen LogP contribution in [0.2, 0.25) is 0 Å². The summed E-state index contributed by atoms with van der Waals surface area (Å²) < 4.78 is 0. The van der Waals surface area contributed by atoms with E-state index in [9.17, 15) is 4.79 Å². The molecule has 0 radical (unpaired) electrons. The summed E-state index contributed by atoms with van der Waals surface area (Å²) in [6.07, 6.45) is 1.23. The highest BCUT2D eigenvalue weighted by atomic mass is 16.4. The molecule has 0 amide bonds. The normalized spacial score (nSPS) is 14.4. The Bertz CT molecular complexity index is 349. The fourth-order valence-corrected chi connectivity index (χ4v) is 1.48. The predicted molar refractivity (Wildman–Crippen MR) is 63.0 cm³/mol. The van der Waals surface area contributed by atoms with Gasteiger partial charge in [-0.25, -0.2) is 0 Å². The maximum Gasteiger partial charge on any atom is 0.320 e. The van der Waals surface area contributed by atoms with Gasteiger partial charge < -0.3 is 16.6 Å². The van der Waals surface area contributed by atoms with Crippen molar-refractivity contribution in [2.45, 2.75) is 31.8 Å². The Morgan fingerprint density at radius 2 is 1.88 bits per heavy atom. The van der Waals surface area contributed by atoms with Crippen molar-refractivity contribution in [1.82, 2.24) is 0 Å². The van der Waals surface area contributed by atoms with Gasteiger partial charge in [-0.1, -0.05) is 31.2 Å². The molecule has 0 fully saturated rings. The van der Waals surface area contributed by atoms with Crippen LogP contribution in [0, 0.1) is 0 Å². The summed E-state index contributed by atoms with van der Waals surface area (Å²) in [5.41, 5.74) is 13.3. The van der Waals surface area contributed by atoms with Crippen LogP contribution in [-0.2, 0) is 11.2 Å². The molecule has 4 heteroatoms. The number of nitrogens with two attached hydrogens (primary N) is 2. The van der Waals surface area contributed by atoms with Gasteiger partial charge in [0.25, 0.3) is 0 Å². The van der Waals surface area contributed by atoms with Crippen molar-refractivity contribution in [2.24, 2.45) is 11.5 Å². The molecule has 0 saturated heterocycles. The molecule has 16 heavy (non-hydrogen) atoms. The van der Waals surface area contributed by atoms with Crippen LogP contribution in [0.15, 0.2) is 24.3 Å². The Hall–Kier alpha value is -1.39. The molecule has 1 aromatic rings. The summed E-state index contributed by atoms with van der Waals surface area (Å²) in [6, 6.07) is 6.82. The Morgan fingerprint density at radius 1 is 1.31 bits per heavy atom.